The van der Waals surface area contributed by atoms with E-state index in [9.17, 15) is 0 Å². The number of para-hydroxylation sites is 1. The quantitative estimate of drug-likeness (QED) is 0.447. The molecular weight excluding hydrogens is 278 g/mol. The number of allylic oxidation sites excluding steroid dienone is 1. The van der Waals surface area contributed by atoms with Crippen LogP contribution in [0.3, 0.4) is 0 Å². The van der Waals surface area contributed by atoms with Crippen LogP contribution in [0.5, 0.6) is 0 Å². The molecule has 1 heteroatoms. The molecule has 1 aliphatic rings. The lowest BCUT2D eigenvalue weighted by molar-refractivity contribution is 1.20. The van der Waals surface area contributed by atoms with Crippen LogP contribution in [0.15, 0.2) is 66.2 Å². The lowest BCUT2D eigenvalue weighted by atomic mass is 9.96. The summed E-state index contributed by atoms with van der Waals surface area (Å²) in [6, 6.07) is 21.9. The van der Waals surface area contributed by atoms with Crippen molar-refractivity contribution < 1.29 is 0 Å². The van der Waals surface area contributed by atoms with Gasteiger partial charge in [-0.15, -0.1) is 0 Å². The molecule has 5 rings (SSSR count). The van der Waals surface area contributed by atoms with Gasteiger partial charge in [0.25, 0.3) is 0 Å². The van der Waals surface area contributed by atoms with E-state index in [1.54, 1.807) is 0 Å². The molecule has 110 valence electrons. The second-order valence-electron chi connectivity index (χ2n) is 6.48. The zero-order chi connectivity index (χ0) is 15.4. The Bertz CT molecular complexity index is 1100. The van der Waals surface area contributed by atoms with Crippen LogP contribution in [-0.2, 0) is 6.42 Å². The fourth-order valence-electron chi connectivity index (χ4n) is 3.80. The van der Waals surface area contributed by atoms with E-state index in [1.165, 1.54) is 49.6 Å². The van der Waals surface area contributed by atoms with Gasteiger partial charge in [-0.05, 0) is 53.8 Å². The Labute approximate surface area is 135 Å². The summed E-state index contributed by atoms with van der Waals surface area (Å²) < 4.78 is 0. The number of fused-ring (bicyclic) bond motifs is 4. The Morgan fingerprint density at radius 1 is 0.826 bits per heavy atom. The molecule has 0 radical (unpaired) electrons. The van der Waals surface area contributed by atoms with E-state index in [4.69, 9.17) is 0 Å². The third kappa shape index (κ3) is 1.86. The molecule has 23 heavy (non-hydrogen) atoms. The third-order valence-corrected chi connectivity index (χ3v) is 4.87. The minimum Gasteiger partial charge on any atom is -0.355 e. The number of hydrogen-bond acceptors (Lipinski definition) is 0. The van der Waals surface area contributed by atoms with E-state index in [0.29, 0.717) is 0 Å². The molecule has 0 atom stereocenters. The van der Waals surface area contributed by atoms with Crippen LogP contribution in [-0.4, -0.2) is 4.98 Å². The van der Waals surface area contributed by atoms with Gasteiger partial charge in [-0.2, -0.15) is 0 Å². The van der Waals surface area contributed by atoms with Crippen molar-refractivity contribution in [3.8, 4) is 11.1 Å². The van der Waals surface area contributed by atoms with Crippen LogP contribution >= 0.6 is 0 Å². The summed E-state index contributed by atoms with van der Waals surface area (Å²) in [5.74, 6) is 0. The largest absolute Gasteiger partial charge is 0.355 e. The zero-order valence-corrected chi connectivity index (χ0v) is 13.1. The first kappa shape index (κ1) is 12.7. The van der Waals surface area contributed by atoms with Crippen molar-refractivity contribution in [2.75, 3.05) is 0 Å². The topological polar surface area (TPSA) is 15.8 Å². The lowest BCUT2D eigenvalue weighted by Gasteiger charge is -2.08. The van der Waals surface area contributed by atoms with Crippen molar-refractivity contribution in [1.29, 1.82) is 0 Å². The van der Waals surface area contributed by atoms with Gasteiger partial charge in [0, 0.05) is 21.8 Å². The summed E-state index contributed by atoms with van der Waals surface area (Å²) in [7, 11) is 0. The molecule has 0 bridgehead atoms. The number of H-pyrrole nitrogens is 1. The van der Waals surface area contributed by atoms with Crippen LogP contribution in [0, 0.1) is 0 Å². The summed E-state index contributed by atoms with van der Waals surface area (Å²) in [5.41, 5.74) is 9.32. The SMILES string of the molecule is CC1=Cc2c(cccc2-c2ccc3[nH]c4ccccc4c3c2)C1. The number of benzene rings is 3. The highest BCUT2D eigenvalue weighted by Gasteiger charge is 2.15. The molecule has 1 aromatic heterocycles. The highest BCUT2D eigenvalue weighted by molar-refractivity contribution is 6.08. The first-order valence-corrected chi connectivity index (χ1v) is 8.09. The molecule has 0 saturated carbocycles. The molecule has 0 amide bonds. The maximum absolute atomic E-state index is 3.50. The van der Waals surface area contributed by atoms with Crippen molar-refractivity contribution in [3.63, 3.8) is 0 Å². The van der Waals surface area contributed by atoms with Gasteiger partial charge < -0.3 is 4.98 Å². The number of aromatic amines is 1. The molecule has 0 aliphatic heterocycles. The summed E-state index contributed by atoms with van der Waals surface area (Å²) >= 11 is 0. The van der Waals surface area contributed by atoms with E-state index in [2.05, 4.69) is 78.6 Å². The molecule has 1 N–H and O–H groups in total. The van der Waals surface area contributed by atoms with Crippen molar-refractivity contribution in [3.05, 3.63) is 77.4 Å². The van der Waals surface area contributed by atoms with Crippen LogP contribution in [0.25, 0.3) is 39.0 Å². The summed E-state index contributed by atoms with van der Waals surface area (Å²) in [6.45, 7) is 2.21. The summed E-state index contributed by atoms with van der Waals surface area (Å²) in [4.78, 5) is 3.50. The summed E-state index contributed by atoms with van der Waals surface area (Å²) in [6.07, 6.45) is 3.42. The second-order valence-corrected chi connectivity index (χ2v) is 6.48. The standard InChI is InChI=1S/C22H17N/c1-14-11-15-5-4-7-17(19(15)12-14)16-9-10-22-20(13-16)18-6-2-3-8-21(18)23-22/h2-10,12-13,23H,11H2,1H3. The predicted molar refractivity (Wildman–Crippen MR) is 98.6 cm³/mol. The molecule has 4 aromatic rings. The van der Waals surface area contributed by atoms with Gasteiger partial charge in [0.05, 0.1) is 0 Å². The highest BCUT2D eigenvalue weighted by Crippen LogP contribution is 2.36. The Hall–Kier alpha value is -2.80. The second kappa shape index (κ2) is 4.60. The lowest BCUT2D eigenvalue weighted by Crippen LogP contribution is -1.87. The van der Waals surface area contributed by atoms with Gasteiger partial charge in [0.2, 0.25) is 0 Å². The Morgan fingerprint density at radius 2 is 1.70 bits per heavy atom. The molecule has 1 nitrogen and oxygen atoms in total. The van der Waals surface area contributed by atoms with Crippen LogP contribution in [0.4, 0.5) is 0 Å². The van der Waals surface area contributed by atoms with Crippen molar-refractivity contribution >= 4 is 27.9 Å². The molecule has 0 fully saturated rings. The maximum Gasteiger partial charge on any atom is 0.0465 e. The monoisotopic (exact) mass is 295 g/mol. The summed E-state index contributed by atoms with van der Waals surface area (Å²) in [5, 5.41) is 2.60. The molecule has 1 heterocycles. The van der Waals surface area contributed by atoms with E-state index in [0.717, 1.165) is 6.42 Å². The number of rotatable bonds is 1. The maximum atomic E-state index is 3.50. The number of nitrogens with one attached hydrogen (secondary N) is 1. The van der Waals surface area contributed by atoms with E-state index in [-0.39, 0.29) is 0 Å². The van der Waals surface area contributed by atoms with Gasteiger partial charge in [0.15, 0.2) is 0 Å². The molecule has 0 unspecified atom stereocenters. The van der Waals surface area contributed by atoms with E-state index >= 15 is 0 Å². The average Bonchev–Trinajstić information content (AvgIpc) is 3.13. The fourth-order valence-corrected chi connectivity index (χ4v) is 3.80. The first-order valence-electron chi connectivity index (χ1n) is 8.09. The van der Waals surface area contributed by atoms with Crippen molar-refractivity contribution in [2.45, 2.75) is 13.3 Å². The number of aromatic nitrogens is 1. The molecule has 3 aromatic carbocycles. The molecule has 0 saturated heterocycles. The molecular formula is C22H17N. The zero-order valence-electron chi connectivity index (χ0n) is 13.1. The smallest absolute Gasteiger partial charge is 0.0465 e. The Morgan fingerprint density at radius 3 is 2.65 bits per heavy atom. The average molecular weight is 295 g/mol. The van der Waals surface area contributed by atoms with Gasteiger partial charge in [-0.3, -0.25) is 0 Å². The molecule has 1 aliphatic carbocycles. The van der Waals surface area contributed by atoms with Crippen LogP contribution in [0.2, 0.25) is 0 Å². The van der Waals surface area contributed by atoms with Gasteiger partial charge >= 0.3 is 0 Å². The third-order valence-electron chi connectivity index (χ3n) is 4.87. The highest BCUT2D eigenvalue weighted by atomic mass is 14.7. The minimum atomic E-state index is 1.08. The minimum absolute atomic E-state index is 1.08. The Balaban J connectivity index is 1.79. The van der Waals surface area contributed by atoms with E-state index in [1.807, 2.05) is 0 Å². The van der Waals surface area contributed by atoms with Gasteiger partial charge in [0.1, 0.15) is 0 Å². The Kier molecular flexibility index (Phi) is 2.54. The van der Waals surface area contributed by atoms with E-state index < -0.39 is 0 Å². The number of hydrogen-bond donors (Lipinski definition) is 1. The first-order chi connectivity index (χ1) is 11.3. The predicted octanol–water partition coefficient (Wildman–Crippen LogP) is 5.95. The van der Waals surface area contributed by atoms with Crippen molar-refractivity contribution in [1.82, 2.24) is 4.98 Å². The van der Waals surface area contributed by atoms with Gasteiger partial charge in [-0.1, -0.05) is 54.1 Å². The van der Waals surface area contributed by atoms with Crippen LogP contribution < -0.4 is 0 Å². The van der Waals surface area contributed by atoms with Crippen molar-refractivity contribution in [2.24, 2.45) is 0 Å². The molecule has 0 spiro atoms. The normalized spacial score (nSPS) is 13.5. The fraction of sp³-hybridized carbons (Fsp3) is 0.0909. The van der Waals surface area contributed by atoms with Gasteiger partial charge in [-0.25, -0.2) is 0 Å². The van der Waals surface area contributed by atoms with Crippen LogP contribution in [0.1, 0.15) is 18.1 Å².